The van der Waals surface area contributed by atoms with E-state index in [0.29, 0.717) is 25.1 Å². The molecule has 3 rings (SSSR count). The first-order valence-electron chi connectivity index (χ1n) is 9.49. The van der Waals surface area contributed by atoms with Crippen LogP contribution in [0.5, 0.6) is 5.75 Å². The molecule has 1 saturated carbocycles. The first-order valence-corrected chi connectivity index (χ1v) is 9.49. The summed E-state index contributed by atoms with van der Waals surface area (Å²) < 4.78 is 10.1. The third-order valence-corrected chi connectivity index (χ3v) is 4.90. The summed E-state index contributed by atoms with van der Waals surface area (Å²) in [6.45, 7) is 2.27. The molecule has 0 saturated heterocycles. The number of hydrogen-bond donors (Lipinski definition) is 2. The lowest BCUT2D eigenvalue weighted by Crippen LogP contribution is -2.39. The predicted octanol–water partition coefficient (Wildman–Crippen LogP) is 2.91. The standard InChI is InChI=1S/C22H24N2O5/c1-3-29-19(25)17-6-4-5-7-18(17)24-21(27)22(12-13-22)20(26)23-14-15-8-10-16(28-2)11-9-15/h4-11H,3,12-14H2,1-2H3,(H,23,26)(H,24,27). The lowest BCUT2D eigenvalue weighted by Gasteiger charge is -2.17. The van der Waals surface area contributed by atoms with E-state index in [2.05, 4.69) is 10.6 Å². The van der Waals surface area contributed by atoms with Gasteiger partial charge in [0.25, 0.3) is 0 Å². The number of methoxy groups -OCH3 is 1. The van der Waals surface area contributed by atoms with E-state index < -0.39 is 17.3 Å². The molecule has 0 radical (unpaired) electrons. The number of anilines is 1. The number of carbonyl (C=O) groups excluding carboxylic acids is 3. The van der Waals surface area contributed by atoms with Gasteiger partial charge < -0.3 is 20.1 Å². The van der Waals surface area contributed by atoms with Crippen molar-refractivity contribution < 1.29 is 23.9 Å². The van der Waals surface area contributed by atoms with Crippen molar-refractivity contribution in [2.45, 2.75) is 26.3 Å². The predicted molar refractivity (Wildman–Crippen MR) is 108 cm³/mol. The Balaban J connectivity index is 1.64. The summed E-state index contributed by atoms with van der Waals surface area (Å²) >= 11 is 0. The van der Waals surface area contributed by atoms with E-state index in [9.17, 15) is 14.4 Å². The van der Waals surface area contributed by atoms with Gasteiger partial charge in [0.1, 0.15) is 11.2 Å². The molecule has 7 heteroatoms. The molecule has 0 aromatic heterocycles. The zero-order chi connectivity index (χ0) is 20.9. The van der Waals surface area contributed by atoms with E-state index in [1.165, 1.54) is 0 Å². The zero-order valence-corrected chi connectivity index (χ0v) is 16.5. The Morgan fingerprint density at radius 2 is 1.69 bits per heavy atom. The highest BCUT2D eigenvalue weighted by Crippen LogP contribution is 2.47. The molecule has 152 valence electrons. The van der Waals surface area contributed by atoms with E-state index in [0.717, 1.165) is 11.3 Å². The van der Waals surface area contributed by atoms with Gasteiger partial charge in [-0.1, -0.05) is 24.3 Å². The van der Waals surface area contributed by atoms with Crippen LogP contribution >= 0.6 is 0 Å². The first kappa shape index (κ1) is 20.4. The number of ether oxygens (including phenoxy) is 2. The summed E-state index contributed by atoms with van der Waals surface area (Å²) in [7, 11) is 1.59. The number of benzene rings is 2. The molecule has 2 aromatic rings. The number of para-hydroxylation sites is 1. The molecule has 7 nitrogen and oxygen atoms in total. The van der Waals surface area contributed by atoms with Gasteiger partial charge in [0.2, 0.25) is 11.8 Å². The molecule has 0 spiro atoms. The van der Waals surface area contributed by atoms with E-state index in [1.54, 1.807) is 38.3 Å². The molecule has 1 aliphatic carbocycles. The second-order valence-electron chi connectivity index (χ2n) is 6.83. The van der Waals surface area contributed by atoms with Crippen LogP contribution in [0.25, 0.3) is 0 Å². The van der Waals surface area contributed by atoms with Crippen molar-refractivity contribution >= 4 is 23.5 Å². The summed E-state index contributed by atoms with van der Waals surface area (Å²) in [5.74, 6) is -0.517. The largest absolute Gasteiger partial charge is 0.497 e. The van der Waals surface area contributed by atoms with Gasteiger partial charge in [-0.05, 0) is 49.6 Å². The lowest BCUT2D eigenvalue weighted by atomic mass is 10.0. The number of carbonyl (C=O) groups is 3. The molecule has 0 bridgehead atoms. The van der Waals surface area contributed by atoms with Crippen molar-refractivity contribution in [1.29, 1.82) is 0 Å². The molecule has 2 aromatic carbocycles. The van der Waals surface area contributed by atoms with E-state index >= 15 is 0 Å². The Labute approximate surface area is 169 Å². The molecule has 29 heavy (non-hydrogen) atoms. The molecule has 2 amide bonds. The fraction of sp³-hybridized carbons (Fsp3) is 0.318. The van der Waals surface area contributed by atoms with Gasteiger partial charge in [0.05, 0.1) is 25.0 Å². The second kappa shape index (κ2) is 8.77. The summed E-state index contributed by atoms with van der Waals surface area (Å²) in [5.41, 5.74) is 0.402. The highest BCUT2D eigenvalue weighted by molar-refractivity contribution is 6.14. The number of esters is 1. The molecule has 1 fully saturated rings. The minimum atomic E-state index is -1.10. The summed E-state index contributed by atoms with van der Waals surface area (Å²) in [6, 6.07) is 13.9. The molecule has 0 atom stereocenters. The van der Waals surface area contributed by atoms with Crippen LogP contribution in [0.15, 0.2) is 48.5 Å². The van der Waals surface area contributed by atoms with Crippen molar-refractivity contribution in [3.05, 3.63) is 59.7 Å². The van der Waals surface area contributed by atoms with Gasteiger partial charge in [0, 0.05) is 6.54 Å². The van der Waals surface area contributed by atoms with Gasteiger partial charge in [-0.3, -0.25) is 9.59 Å². The molecular formula is C22H24N2O5. The number of nitrogens with one attached hydrogen (secondary N) is 2. The average Bonchev–Trinajstić information content (AvgIpc) is 3.55. The van der Waals surface area contributed by atoms with Crippen LogP contribution in [0, 0.1) is 5.41 Å². The smallest absolute Gasteiger partial charge is 0.340 e. The van der Waals surface area contributed by atoms with Crippen molar-refractivity contribution in [3.63, 3.8) is 0 Å². The Bertz CT molecular complexity index is 904. The van der Waals surface area contributed by atoms with Crippen molar-refractivity contribution in [2.24, 2.45) is 5.41 Å². The minimum absolute atomic E-state index is 0.235. The second-order valence-corrected chi connectivity index (χ2v) is 6.83. The van der Waals surface area contributed by atoms with Gasteiger partial charge in [-0.25, -0.2) is 4.79 Å². The molecule has 0 aliphatic heterocycles. The van der Waals surface area contributed by atoms with E-state index in [1.807, 2.05) is 24.3 Å². The monoisotopic (exact) mass is 396 g/mol. The first-order chi connectivity index (χ1) is 14.0. The Morgan fingerprint density at radius 3 is 2.31 bits per heavy atom. The summed E-state index contributed by atoms with van der Waals surface area (Å²) in [4.78, 5) is 37.6. The van der Waals surface area contributed by atoms with Crippen LogP contribution < -0.4 is 15.4 Å². The highest BCUT2D eigenvalue weighted by atomic mass is 16.5. The Hall–Kier alpha value is -3.35. The fourth-order valence-electron chi connectivity index (χ4n) is 3.00. The van der Waals surface area contributed by atoms with Gasteiger partial charge >= 0.3 is 5.97 Å². The lowest BCUT2D eigenvalue weighted by molar-refractivity contribution is -0.134. The van der Waals surface area contributed by atoms with Crippen LogP contribution in [0.3, 0.4) is 0 Å². The van der Waals surface area contributed by atoms with Gasteiger partial charge in [-0.15, -0.1) is 0 Å². The summed E-state index contributed by atoms with van der Waals surface area (Å²) in [5, 5.41) is 5.56. The van der Waals surface area contributed by atoms with Crippen molar-refractivity contribution in [3.8, 4) is 5.75 Å². The van der Waals surface area contributed by atoms with Crippen LogP contribution in [0.2, 0.25) is 0 Å². The molecular weight excluding hydrogens is 372 g/mol. The minimum Gasteiger partial charge on any atom is -0.497 e. The highest BCUT2D eigenvalue weighted by Gasteiger charge is 2.56. The Kier molecular flexibility index (Phi) is 6.16. The van der Waals surface area contributed by atoms with Crippen LogP contribution in [0.1, 0.15) is 35.7 Å². The van der Waals surface area contributed by atoms with E-state index in [-0.39, 0.29) is 18.1 Å². The molecule has 0 unspecified atom stereocenters. The maximum atomic E-state index is 12.8. The number of rotatable bonds is 8. The quantitative estimate of drug-likeness (QED) is 0.529. The molecule has 0 heterocycles. The van der Waals surface area contributed by atoms with Crippen LogP contribution in [0.4, 0.5) is 5.69 Å². The molecule has 2 N–H and O–H groups in total. The topological polar surface area (TPSA) is 93.7 Å². The summed E-state index contributed by atoms with van der Waals surface area (Å²) in [6.07, 6.45) is 0.934. The van der Waals surface area contributed by atoms with Crippen LogP contribution in [-0.4, -0.2) is 31.5 Å². The maximum absolute atomic E-state index is 12.8. The molecule has 1 aliphatic rings. The van der Waals surface area contributed by atoms with Crippen molar-refractivity contribution in [1.82, 2.24) is 5.32 Å². The normalized spacial score (nSPS) is 13.9. The van der Waals surface area contributed by atoms with Gasteiger partial charge in [0.15, 0.2) is 0 Å². The van der Waals surface area contributed by atoms with Crippen molar-refractivity contribution in [2.75, 3.05) is 19.0 Å². The Morgan fingerprint density at radius 1 is 1.00 bits per heavy atom. The number of amides is 2. The third-order valence-electron chi connectivity index (χ3n) is 4.90. The number of hydrogen-bond acceptors (Lipinski definition) is 5. The average molecular weight is 396 g/mol. The van der Waals surface area contributed by atoms with Crippen LogP contribution in [-0.2, 0) is 20.9 Å². The maximum Gasteiger partial charge on any atom is 0.340 e. The van der Waals surface area contributed by atoms with Gasteiger partial charge in [-0.2, -0.15) is 0 Å². The zero-order valence-electron chi connectivity index (χ0n) is 16.5. The SMILES string of the molecule is CCOC(=O)c1ccccc1NC(=O)C1(C(=O)NCc2ccc(OC)cc2)CC1. The third kappa shape index (κ3) is 4.56. The fourth-order valence-corrected chi connectivity index (χ4v) is 3.00. The van der Waals surface area contributed by atoms with E-state index in [4.69, 9.17) is 9.47 Å².